The minimum atomic E-state index is -0.222. The molecule has 0 aliphatic rings. The van der Waals surface area contributed by atoms with E-state index in [2.05, 4.69) is 16.5 Å². The van der Waals surface area contributed by atoms with Crippen LogP contribution >= 0.6 is 12.2 Å². The Bertz CT molecular complexity index is 909. The Morgan fingerprint density at radius 3 is 2.32 bits per heavy atom. The third-order valence-corrected chi connectivity index (χ3v) is 4.31. The third-order valence-electron chi connectivity index (χ3n) is 3.93. The molecule has 0 saturated heterocycles. The zero-order valence-electron chi connectivity index (χ0n) is 14.5. The number of hydrogen-bond donors (Lipinski definition) is 1. The molecule has 5 nitrogen and oxygen atoms in total. The summed E-state index contributed by atoms with van der Waals surface area (Å²) in [6, 6.07) is 12.7. The maximum atomic E-state index is 13.0. The molecule has 2 aromatic carbocycles. The standard InChI is InChI=1S/C18H20FN5S/c1-13-8-14(2)10-17(9-13)24-18(25)23(20-21-24)12-22(3)11-15-4-6-16(19)7-5-15/h4-10H,11-12H2,1-3H3/p+1. The number of nitrogens with one attached hydrogen (secondary N) is 1. The lowest BCUT2D eigenvalue weighted by atomic mass is 10.1. The highest BCUT2D eigenvalue weighted by Crippen LogP contribution is 2.12. The predicted octanol–water partition coefficient (Wildman–Crippen LogP) is 2.23. The Balaban J connectivity index is 1.76. The van der Waals surface area contributed by atoms with Crippen LogP contribution in [0.2, 0.25) is 0 Å². The second-order valence-corrected chi connectivity index (χ2v) is 6.80. The first-order chi connectivity index (χ1) is 11.9. The van der Waals surface area contributed by atoms with Gasteiger partial charge in [-0.3, -0.25) is 0 Å². The average Bonchev–Trinajstić information content (AvgIpc) is 2.89. The number of quaternary nitrogens is 1. The van der Waals surface area contributed by atoms with Crippen molar-refractivity contribution in [3.8, 4) is 5.69 Å². The van der Waals surface area contributed by atoms with Gasteiger partial charge in [0.2, 0.25) is 4.77 Å². The summed E-state index contributed by atoms with van der Waals surface area (Å²) >= 11 is 5.53. The number of tetrazole rings is 1. The van der Waals surface area contributed by atoms with Crippen LogP contribution in [0.15, 0.2) is 42.5 Å². The minimum absolute atomic E-state index is 0.222. The lowest BCUT2D eigenvalue weighted by Gasteiger charge is -2.13. The molecule has 130 valence electrons. The Morgan fingerprint density at radius 2 is 1.68 bits per heavy atom. The highest BCUT2D eigenvalue weighted by Gasteiger charge is 2.11. The van der Waals surface area contributed by atoms with Crippen molar-refractivity contribution < 1.29 is 9.29 Å². The fraction of sp³-hybridized carbons (Fsp3) is 0.278. The third kappa shape index (κ3) is 4.18. The monoisotopic (exact) mass is 358 g/mol. The van der Waals surface area contributed by atoms with E-state index in [0.29, 0.717) is 11.4 Å². The van der Waals surface area contributed by atoms with Crippen molar-refractivity contribution in [2.45, 2.75) is 27.1 Å². The summed E-state index contributed by atoms with van der Waals surface area (Å²) in [4.78, 5) is 1.18. The fourth-order valence-electron chi connectivity index (χ4n) is 2.87. The van der Waals surface area contributed by atoms with Crippen molar-refractivity contribution in [1.82, 2.24) is 19.8 Å². The topological polar surface area (TPSA) is 40.1 Å². The quantitative estimate of drug-likeness (QED) is 0.711. The average molecular weight is 358 g/mol. The van der Waals surface area contributed by atoms with Crippen LogP contribution in [0.25, 0.3) is 5.69 Å². The zero-order valence-corrected chi connectivity index (χ0v) is 15.3. The van der Waals surface area contributed by atoms with E-state index in [1.807, 2.05) is 33.0 Å². The Hall–Kier alpha value is -2.38. The maximum Gasteiger partial charge on any atom is 0.225 e. The lowest BCUT2D eigenvalue weighted by Crippen LogP contribution is -3.07. The van der Waals surface area contributed by atoms with E-state index in [1.165, 1.54) is 17.0 Å². The molecule has 1 N–H and O–H groups in total. The number of benzene rings is 2. The van der Waals surface area contributed by atoms with Gasteiger partial charge >= 0.3 is 0 Å². The second-order valence-electron chi connectivity index (χ2n) is 6.44. The minimum Gasteiger partial charge on any atom is -0.315 e. The van der Waals surface area contributed by atoms with Crippen LogP contribution in [0, 0.1) is 24.4 Å². The van der Waals surface area contributed by atoms with E-state index in [1.54, 1.807) is 21.5 Å². The van der Waals surface area contributed by atoms with E-state index >= 15 is 0 Å². The number of hydrogen-bond acceptors (Lipinski definition) is 3. The van der Waals surface area contributed by atoms with Gasteiger partial charge in [-0.25, -0.2) is 4.39 Å². The van der Waals surface area contributed by atoms with Crippen LogP contribution in [0.3, 0.4) is 0 Å². The van der Waals surface area contributed by atoms with Crippen molar-refractivity contribution >= 4 is 12.2 Å². The Kier molecular flexibility index (Phi) is 5.06. The van der Waals surface area contributed by atoms with E-state index in [4.69, 9.17) is 12.2 Å². The van der Waals surface area contributed by atoms with Gasteiger partial charge in [0.1, 0.15) is 12.4 Å². The van der Waals surface area contributed by atoms with Crippen LogP contribution < -0.4 is 4.90 Å². The first-order valence-corrected chi connectivity index (χ1v) is 8.50. The summed E-state index contributed by atoms with van der Waals surface area (Å²) in [5.41, 5.74) is 4.30. The molecule has 3 aromatic rings. The van der Waals surface area contributed by atoms with Gasteiger partial charge in [0.15, 0.2) is 6.67 Å². The van der Waals surface area contributed by atoms with Gasteiger partial charge < -0.3 is 4.90 Å². The van der Waals surface area contributed by atoms with E-state index in [-0.39, 0.29) is 5.82 Å². The summed E-state index contributed by atoms with van der Waals surface area (Å²) < 4.78 is 17.0. The summed E-state index contributed by atoms with van der Waals surface area (Å²) in [5, 5.41) is 8.39. The van der Waals surface area contributed by atoms with Crippen molar-refractivity contribution in [3.63, 3.8) is 0 Å². The van der Waals surface area contributed by atoms with Gasteiger partial charge in [-0.15, -0.1) is 0 Å². The molecule has 3 rings (SSSR count). The van der Waals surface area contributed by atoms with Crippen molar-refractivity contribution in [3.05, 3.63) is 69.7 Å². The number of halogens is 1. The summed E-state index contributed by atoms with van der Waals surface area (Å²) in [7, 11) is 2.04. The SMILES string of the molecule is Cc1cc(C)cc(-n2nnn(C[NH+](C)Cc3ccc(F)cc3)c2=S)c1. The molecular weight excluding hydrogens is 337 g/mol. The number of nitrogens with zero attached hydrogens (tertiary/aromatic N) is 4. The normalized spacial score (nSPS) is 12.3. The lowest BCUT2D eigenvalue weighted by molar-refractivity contribution is -0.917. The molecule has 25 heavy (non-hydrogen) atoms. The molecule has 0 aliphatic carbocycles. The van der Waals surface area contributed by atoms with Crippen molar-refractivity contribution in [2.75, 3.05) is 7.05 Å². The fourth-order valence-corrected chi connectivity index (χ4v) is 3.11. The van der Waals surface area contributed by atoms with Crippen molar-refractivity contribution in [2.24, 2.45) is 0 Å². The molecule has 0 fully saturated rings. The number of rotatable bonds is 5. The van der Waals surface area contributed by atoms with Crippen LogP contribution in [0.1, 0.15) is 16.7 Å². The molecule has 0 saturated carbocycles. The van der Waals surface area contributed by atoms with Gasteiger partial charge in [-0.2, -0.15) is 9.36 Å². The van der Waals surface area contributed by atoms with E-state index < -0.39 is 0 Å². The molecule has 0 amide bonds. The largest absolute Gasteiger partial charge is 0.315 e. The molecule has 1 atom stereocenters. The Labute approximate surface area is 151 Å². The maximum absolute atomic E-state index is 13.0. The van der Waals surface area contributed by atoms with E-state index in [0.717, 1.165) is 28.9 Å². The molecule has 1 unspecified atom stereocenters. The highest BCUT2D eigenvalue weighted by atomic mass is 32.1. The molecule has 1 aromatic heterocycles. The summed E-state index contributed by atoms with van der Waals surface area (Å²) in [6.07, 6.45) is 0. The van der Waals surface area contributed by atoms with Gasteiger partial charge in [0.05, 0.1) is 12.7 Å². The Morgan fingerprint density at radius 1 is 1.04 bits per heavy atom. The smallest absolute Gasteiger partial charge is 0.225 e. The van der Waals surface area contributed by atoms with Gasteiger partial charge in [0, 0.05) is 5.56 Å². The van der Waals surface area contributed by atoms with Gasteiger partial charge in [-0.05, 0) is 71.9 Å². The summed E-state index contributed by atoms with van der Waals surface area (Å²) in [5.74, 6) is -0.222. The molecule has 7 heteroatoms. The first-order valence-electron chi connectivity index (χ1n) is 8.09. The second kappa shape index (κ2) is 7.25. The van der Waals surface area contributed by atoms with Crippen LogP contribution in [0.5, 0.6) is 0 Å². The number of aryl methyl sites for hydroxylation is 2. The molecule has 0 spiro atoms. The van der Waals surface area contributed by atoms with Crippen LogP contribution in [-0.2, 0) is 13.2 Å². The molecule has 1 heterocycles. The zero-order chi connectivity index (χ0) is 18.0. The van der Waals surface area contributed by atoms with Gasteiger partial charge in [-0.1, -0.05) is 18.2 Å². The highest BCUT2D eigenvalue weighted by molar-refractivity contribution is 7.71. The van der Waals surface area contributed by atoms with Crippen LogP contribution in [0.4, 0.5) is 4.39 Å². The first kappa shape index (κ1) is 17.4. The van der Waals surface area contributed by atoms with Crippen LogP contribution in [-0.4, -0.2) is 26.8 Å². The molecular formula is C18H21FN5S+. The van der Waals surface area contributed by atoms with Gasteiger partial charge in [0.25, 0.3) is 0 Å². The van der Waals surface area contributed by atoms with Crippen molar-refractivity contribution in [1.29, 1.82) is 0 Å². The number of aromatic nitrogens is 4. The predicted molar refractivity (Wildman–Crippen MR) is 96.6 cm³/mol. The summed E-state index contributed by atoms with van der Waals surface area (Å²) in [6.45, 7) is 5.43. The molecule has 0 radical (unpaired) electrons. The molecule has 0 bridgehead atoms. The molecule has 0 aliphatic heterocycles. The van der Waals surface area contributed by atoms with E-state index in [9.17, 15) is 4.39 Å².